The number of fused-ring (bicyclic) bond motifs is 6. The van der Waals surface area contributed by atoms with Gasteiger partial charge in [-0.1, -0.05) is 121 Å². The fraction of sp³-hybridized carbons (Fsp3) is 0.182. The van der Waals surface area contributed by atoms with E-state index < -0.39 is 23.7 Å². The molecule has 0 unspecified atom stereocenters. The van der Waals surface area contributed by atoms with Crippen LogP contribution in [0.1, 0.15) is 61.9 Å². The number of hydrogen-bond donors (Lipinski definition) is 0. The first kappa shape index (κ1) is 30.0. The molecule has 2 aliphatic heterocycles. The molecule has 9 rings (SSSR count). The average Bonchev–Trinajstić information content (AvgIpc) is 3.37. The number of benzene rings is 5. The lowest BCUT2D eigenvalue weighted by Gasteiger charge is -2.34. The van der Waals surface area contributed by atoms with Crippen molar-refractivity contribution in [3.63, 3.8) is 0 Å². The minimum atomic E-state index is -0.593. The van der Waals surface area contributed by atoms with Crippen molar-refractivity contribution in [1.82, 2.24) is 4.98 Å². The van der Waals surface area contributed by atoms with Gasteiger partial charge >= 0.3 is 7.12 Å². The van der Waals surface area contributed by atoms with Crippen molar-refractivity contribution in [2.45, 2.75) is 50.7 Å². The Morgan fingerprint density at radius 3 is 2.00 bits per heavy atom. The Morgan fingerprint density at radius 2 is 1.29 bits per heavy atom. The maximum absolute atomic E-state index is 6.84. The van der Waals surface area contributed by atoms with Gasteiger partial charge in [0.05, 0.1) is 33.5 Å². The van der Waals surface area contributed by atoms with Crippen LogP contribution in [-0.4, -0.2) is 29.5 Å². The van der Waals surface area contributed by atoms with E-state index in [9.17, 15) is 0 Å². The molecule has 3 heterocycles. The number of aromatic nitrogens is 1. The Morgan fingerprint density at radius 1 is 0.633 bits per heavy atom. The standard InChI is InChI=1S/C44H37BN2O2/c1-42(2)43(3,4)49-45(48-42)38-28-37-34(27-35(38)39-25-24-30-23-22-29-15-13-14-26-46-40(29)41(30)47-39)33-20-11-12-21-36(33)44(37,31-16-7-5-8-17-31)32-18-9-6-10-19-32/h5-13,15-28H,14H2,1-4H3. The smallest absolute Gasteiger partial charge is 0.399 e. The number of aliphatic imine (C=N–C) groups is 1. The highest BCUT2D eigenvalue weighted by molar-refractivity contribution is 6.64. The fourth-order valence-corrected chi connectivity index (χ4v) is 7.90. The first-order valence-electron chi connectivity index (χ1n) is 17.2. The van der Waals surface area contributed by atoms with Crippen LogP contribution in [0.4, 0.5) is 5.69 Å². The molecule has 1 fully saturated rings. The van der Waals surface area contributed by atoms with Gasteiger partial charge in [0.25, 0.3) is 0 Å². The number of hydrogen-bond acceptors (Lipinski definition) is 4. The lowest BCUT2D eigenvalue weighted by atomic mass is 9.65. The quantitative estimate of drug-likeness (QED) is 0.181. The Balaban J connectivity index is 1.37. The van der Waals surface area contributed by atoms with Crippen LogP contribution in [0.2, 0.25) is 0 Å². The molecule has 0 bridgehead atoms. The average molecular weight is 637 g/mol. The van der Waals surface area contributed by atoms with Crippen LogP contribution >= 0.6 is 0 Å². The minimum absolute atomic E-state index is 0.512. The van der Waals surface area contributed by atoms with E-state index >= 15 is 0 Å². The summed E-state index contributed by atoms with van der Waals surface area (Å²) in [5, 5.41) is 1.06. The lowest BCUT2D eigenvalue weighted by molar-refractivity contribution is 0.00578. The van der Waals surface area contributed by atoms with Crippen LogP contribution in [-0.2, 0) is 14.7 Å². The van der Waals surface area contributed by atoms with Gasteiger partial charge in [0, 0.05) is 29.1 Å². The molecule has 1 aliphatic carbocycles. The molecule has 0 radical (unpaired) electrons. The lowest BCUT2D eigenvalue weighted by Crippen LogP contribution is -2.41. The molecular weight excluding hydrogens is 599 g/mol. The highest BCUT2D eigenvalue weighted by Crippen LogP contribution is 2.56. The zero-order valence-electron chi connectivity index (χ0n) is 28.3. The Kier molecular flexibility index (Phi) is 6.71. The molecule has 1 aromatic heterocycles. The highest BCUT2D eigenvalue weighted by atomic mass is 16.7. The molecule has 238 valence electrons. The van der Waals surface area contributed by atoms with Gasteiger partial charge in [-0.05, 0) is 78.7 Å². The maximum Gasteiger partial charge on any atom is 0.495 e. The Hall–Kier alpha value is -5.10. The zero-order valence-corrected chi connectivity index (χ0v) is 28.3. The summed E-state index contributed by atoms with van der Waals surface area (Å²) >= 11 is 0. The predicted octanol–water partition coefficient (Wildman–Crippen LogP) is 9.68. The van der Waals surface area contributed by atoms with Crippen LogP contribution in [0.25, 0.3) is 39.4 Å². The molecule has 1 saturated heterocycles. The molecule has 0 amide bonds. The molecule has 0 spiro atoms. The fourth-order valence-electron chi connectivity index (χ4n) is 7.90. The summed E-state index contributed by atoms with van der Waals surface area (Å²) in [4.78, 5) is 10.2. The number of nitrogens with zero attached hydrogens (tertiary/aromatic N) is 2. The molecular formula is C44H37BN2O2. The molecule has 0 N–H and O–H groups in total. The van der Waals surface area contributed by atoms with E-state index in [1.807, 2.05) is 6.21 Å². The summed E-state index contributed by atoms with van der Waals surface area (Å²) in [5.74, 6) is 0. The molecule has 0 atom stereocenters. The van der Waals surface area contributed by atoms with Crippen LogP contribution in [0.15, 0.2) is 132 Å². The van der Waals surface area contributed by atoms with Gasteiger partial charge < -0.3 is 9.31 Å². The van der Waals surface area contributed by atoms with Crippen molar-refractivity contribution < 1.29 is 9.31 Å². The summed E-state index contributed by atoms with van der Waals surface area (Å²) < 4.78 is 13.7. The molecule has 3 aliphatic rings. The highest BCUT2D eigenvalue weighted by Gasteiger charge is 2.54. The van der Waals surface area contributed by atoms with Gasteiger partial charge in [0.1, 0.15) is 0 Å². The van der Waals surface area contributed by atoms with E-state index in [0.717, 1.165) is 45.3 Å². The molecule has 0 saturated carbocycles. The van der Waals surface area contributed by atoms with E-state index in [1.165, 1.54) is 33.4 Å². The molecule has 5 heteroatoms. The third-order valence-electron chi connectivity index (χ3n) is 11.0. The van der Waals surface area contributed by atoms with Crippen LogP contribution in [0, 0.1) is 0 Å². The second-order valence-corrected chi connectivity index (χ2v) is 14.3. The van der Waals surface area contributed by atoms with Gasteiger partial charge in [-0.15, -0.1) is 0 Å². The van der Waals surface area contributed by atoms with Crippen LogP contribution < -0.4 is 5.46 Å². The molecule has 6 aromatic rings. The Bertz CT molecular complexity index is 2270. The predicted molar refractivity (Wildman–Crippen MR) is 202 cm³/mol. The monoisotopic (exact) mass is 636 g/mol. The number of allylic oxidation sites excluding steroid dienone is 1. The van der Waals surface area contributed by atoms with Crippen LogP contribution in [0.3, 0.4) is 0 Å². The van der Waals surface area contributed by atoms with Crippen molar-refractivity contribution in [2.24, 2.45) is 4.99 Å². The van der Waals surface area contributed by atoms with E-state index in [4.69, 9.17) is 19.3 Å². The maximum atomic E-state index is 6.84. The molecule has 4 nitrogen and oxygen atoms in total. The summed E-state index contributed by atoms with van der Waals surface area (Å²) in [6.45, 7) is 8.46. The molecule has 49 heavy (non-hydrogen) atoms. The third-order valence-corrected chi connectivity index (χ3v) is 11.0. The van der Waals surface area contributed by atoms with Crippen molar-refractivity contribution in [3.05, 3.63) is 155 Å². The van der Waals surface area contributed by atoms with Gasteiger partial charge in [-0.2, -0.15) is 0 Å². The summed E-state index contributed by atoms with van der Waals surface area (Å²) in [5.41, 5.74) is 11.5. The van der Waals surface area contributed by atoms with Crippen molar-refractivity contribution in [3.8, 4) is 22.4 Å². The Labute approximate surface area is 288 Å². The largest absolute Gasteiger partial charge is 0.495 e. The van der Waals surface area contributed by atoms with Crippen molar-refractivity contribution in [1.29, 1.82) is 0 Å². The van der Waals surface area contributed by atoms with E-state index in [0.29, 0.717) is 0 Å². The van der Waals surface area contributed by atoms with Gasteiger partial charge in [0.2, 0.25) is 0 Å². The number of pyridine rings is 1. The van der Waals surface area contributed by atoms with Gasteiger partial charge in [0.15, 0.2) is 0 Å². The summed E-state index contributed by atoms with van der Waals surface area (Å²) in [6.07, 6.45) is 7.05. The minimum Gasteiger partial charge on any atom is -0.399 e. The van der Waals surface area contributed by atoms with Crippen LogP contribution in [0.5, 0.6) is 0 Å². The topological polar surface area (TPSA) is 43.7 Å². The van der Waals surface area contributed by atoms with Crippen molar-refractivity contribution >= 4 is 41.5 Å². The first-order valence-corrected chi connectivity index (χ1v) is 17.2. The van der Waals surface area contributed by atoms with E-state index in [-0.39, 0.29) is 0 Å². The zero-order chi connectivity index (χ0) is 33.4. The van der Waals surface area contributed by atoms with Gasteiger partial charge in [-0.3, -0.25) is 4.99 Å². The number of rotatable bonds is 4. The van der Waals surface area contributed by atoms with Crippen molar-refractivity contribution in [2.75, 3.05) is 0 Å². The second-order valence-electron chi connectivity index (χ2n) is 14.3. The first-order chi connectivity index (χ1) is 23.8. The molecule has 5 aromatic carbocycles. The van der Waals surface area contributed by atoms with E-state index in [2.05, 4.69) is 161 Å². The summed E-state index contributed by atoms with van der Waals surface area (Å²) in [6, 6.07) is 43.9. The second kappa shape index (κ2) is 11.0. The van der Waals surface area contributed by atoms with E-state index in [1.54, 1.807) is 0 Å². The third kappa shape index (κ3) is 4.46. The van der Waals surface area contributed by atoms with Gasteiger partial charge in [-0.25, -0.2) is 4.98 Å². The SMILES string of the molecule is CC1(C)OB(c2cc3c(cc2-c2ccc4ccc5c(c4n2)N=CCC=C5)-c2ccccc2C3(c2ccccc2)c2ccccc2)OC1(C)C. The summed E-state index contributed by atoms with van der Waals surface area (Å²) in [7, 11) is -0.593. The normalized spacial score (nSPS) is 17.8.